The summed E-state index contributed by atoms with van der Waals surface area (Å²) in [5.41, 5.74) is 17.2. The lowest BCUT2D eigenvalue weighted by Crippen LogP contribution is -2.01. The van der Waals surface area contributed by atoms with E-state index in [1.807, 2.05) is 43.3 Å². The number of nitrogens with two attached hydrogens (primary N) is 2. The van der Waals surface area contributed by atoms with Crippen LogP contribution in [0.1, 0.15) is 23.6 Å². The summed E-state index contributed by atoms with van der Waals surface area (Å²) in [6.45, 7) is 3.93. The molecule has 0 amide bonds. The van der Waals surface area contributed by atoms with E-state index in [0.717, 1.165) is 22.5 Å². The molecule has 4 N–H and O–H groups in total. The Kier molecular flexibility index (Phi) is 4.20. The third kappa shape index (κ3) is 3.06. The summed E-state index contributed by atoms with van der Waals surface area (Å²) in [7, 11) is 0. The van der Waals surface area contributed by atoms with E-state index in [2.05, 4.69) is 24.0 Å². The molecule has 2 aromatic rings. The summed E-state index contributed by atoms with van der Waals surface area (Å²) >= 11 is 0. The van der Waals surface area contributed by atoms with Crippen molar-refractivity contribution in [1.29, 1.82) is 0 Å². The van der Waals surface area contributed by atoms with Gasteiger partial charge in [0.05, 0.1) is 11.4 Å². The molecule has 0 saturated heterocycles. The number of aryl methyl sites for hydroxylation is 1. The molecule has 0 radical (unpaired) electrons. The molecule has 3 heteroatoms. The van der Waals surface area contributed by atoms with Crippen molar-refractivity contribution in [3.8, 4) is 0 Å². The highest BCUT2D eigenvalue weighted by Gasteiger charge is 2.07. The van der Waals surface area contributed by atoms with Crippen LogP contribution in [0.2, 0.25) is 0 Å². The maximum Gasteiger partial charge on any atom is 0.0933 e. The van der Waals surface area contributed by atoms with Gasteiger partial charge in [-0.1, -0.05) is 42.0 Å². The van der Waals surface area contributed by atoms with Gasteiger partial charge in [-0.25, -0.2) is 0 Å². The summed E-state index contributed by atoms with van der Waals surface area (Å²) < 4.78 is 0. The number of anilines is 1. The first-order valence-electron chi connectivity index (χ1n) is 6.53. The van der Waals surface area contributed by atoms with E-state index in [-0.39, 0.29) is 0 Å². The summed E-state index contributed by atoms with van der Waals surface area (Å²) in [5, 5.41) is 0. The first-order chi connectivity index (χ1) is 9.61. The molecule has 0 spiro atoms. The SMILES string of the molecule is CC=N/C(=C(\N)c1ccc(N)cc1)c1ccc(C)cc1. The maximum absolute atomic E-state index is 6.27. The van der Waals surface area contributed by atoms with Crippen LogP contribution in [0.3, 0.4) is 0 Å². The molecule has 0 aliphatic rings. The molecule has 2 aromatic carbocycles. The molecule has 0 atom stereocenters. The van der Waals surface area contributed by atoms with Gasteiger partial charge >= 0.3 is 0 Å². The number of benzene rings is 2. The van der Waals surface area contributed by atoms with Gasteiger partial charge in [-0.2, -0.15) is 0 Å². The van der Waals surface area contributed by atoms with Crippen molar-refractivity contribution in [1.82, 2.24) is 0 Å². The number of rotatable bonds is 3. The summed E-state index contributed by atoms with van der Waals surface area (Å²) in [4.78, 5) is 4.42. The van der Waals surface area contributed by atoms with Crippen molar-refractivity contribution < 1.29 is 0 Å². The fourth-order valence-electron chi connectivity index (χ4n) is 1.94. The summed E-state index contributed by atoms with van der Waals surface area (Å²) in [5.74, 6) is 0. The zero-order chi connectivity index (χ0) is 14.5. The zero-order valence-electron chi connectivity index (χ0n) is 11.8. The second-order valence-electron chi connectivity index (χ2n) is 4.64. The van der Waals surface area contributed by atoms with Gasteiger partial charge in [0.25, 0.3) is 0 Å². The number of nitrogen functional groups attached to an aromatic ring is 1. The summed E-state index contributed by atoms with van der Waals surface area (Å²) in [6, 6.07) is 15.7. The molecule has 102 valence electrons. The van der Waals surface area contributed by atoms with Crippen LogP contribution in [0.5, 0.6) is 0 Å². The lowest BCUT2D eigenvalue weighted by atomic mass is 10.0. The fraction of sp³-hybridized carbons (Fsp3) is 0.118. The average Bonchev–Trinajstić information content (AvgIpc) is 2.46. The van der Waals surface area contributed by atoms with Crippen molar-refractivity contribution in [2.75, 3.05) is 5.73 Å². The largest absolute Gasteiger partial charge is 0.399 e. The Morgan fingerprint density at radius 3 is 2.05 bits per heavy atom. The quantitative estimate of drug-likeness (QED) is 0.507. The van der Waals surface area contributed by atoms with Gasteiger partial charge in [0.15, 0.2) is 0 Å². The minimum Gasteiger partial charge on any atom is -0.399 e. The second kappa shape index (κ2) is 6.06. The molecule has 0 heterocycles. The van der Waals surface area contributed by atoms with Crippen molar-refractivity contribution >= 4 is 23.3 Å². The molecule has 20 heavy (non-hydrogen) atoms. The van der Waals surface area contributed by atoms with Crippen LogP contribution >= 0.6 is 0 Å². The standard InChI is InChI=1S/C17H19N3/c1-3-20-17(14-6-4-12(2)5-7-14)16(19)13-8-10-15(18)11-9-13/h3-11H,18-19H2,1-2H3/b17-16-,20-3?. The van der Waals surface area contributed by atoms with Crippen LogP contribution in [-0.2, 0) is 0 Å². The molecular weight excluding hydrogens is 246 g/mol. The van der Waals surface area contributed by atoms with Gasteiger partial charge in [0.2, 0.25) is 0 Å². The average molecular weight is 265 g/mol. The Labute approximate surface area is 119 Å². The van der Waals surface area contributed by atoms with E-state index in [9.17, 15) is 0 Å². The molecule has 0 aliphatic carbocycles. The molecular formula is C17H19N3. The molecule has 0 aromatic heterocycles. The van der Waals surface area contributed by atoms with E-state index in [1.165, 1.54) is 5.56 Å². The highest BCUT2D eigenvalue weighted by Crippen LogP contribution is 2.24. The predicted molar refractivity (Wildman–Crippen MR) is 87.2 cm³/mol. The Balaban J connectivity index is 2.53. The van der Waals surface area contributed by atoms with Gasteiger partial charge in [-0.05, 0) is 31.5 Å². The van der Waals surface area contributed by atoms with E-state index in [0.29, 0.717) is 5.70 Å². The first-order valence-corrected chi connectivity index (χ1v) is 6.53. The Morgan fingerprint density at radius 2 is 1.50 bits per heavy atom. The monoisotopic (exact) mass is 265 g/mol. The Hall–Kier alpha value is -2.55. The minimum absolute atomic E-state index is 0.645. The van der Waals surface area contributed by atoms with Crippen LogP contribution in [0.25, 0.3) is 11.4 Å². The van der Waals surface area contributed by atoms with Crippen molar-refractivity contribution in [2.45, 2.75) is 13.8 Å². The van der Waals surface area contributed by atoms with Crippen molar-refractivity contribution in [3.05, 3.63) is 65.2 Å². The number of hydrogen-bond donors (Lipinski definition) is 2. The number of nitrogens with zero attached hydrogens (tertiary/aromatic N) is 1. The van der Waals surface area contributed by atoms with Gasteiger partial charge in [-0.3, -0.25) is 4.99 Å². The van der Waals surface area contributed by atoms with Gasteiger partial charge in [0, 0.05) is 17.5 Å². The third-order valence-corrected chi connectivity index (χ3v) is 3.06. The smallest absolute Gasteiger partial charge is 0.0933 e. The lowest BCUT2D eigenvalue weighted by Gasteiger charge is -2.09. The lowest BCUT2D eigenvalue weighted by molar-refractivity contribution is 1.41. The predicted octanol–water partition coefficient (Wildman–Crippen LogP) is 3.45. The third-order valence-electron chi connectivity index (χ3n) is 3.06. The topological polar surface area (TPSA) is 64.4 Å². The van der Waals surface area contributed by atoms with E-state index >= 15 is 0 Å². The van der Waals surface area contributed by atoms with Crippen LogP contribution in [0, 0.1) is 6.92 Å². The van der Waals surface area contributed by atoms with Gasteiger partial charge < -0.3 is 11.5 Å². The first kappa shape index (κ1) is 13.9. The van der Waals surface area contributed by atoms with Crippen LogP contribution < -0.4 is 11.5 Å². The molecule has 0 unspecified atom stereocenters. The molecule has 0 bridgehead atoms. The molecule has 3 nitrogen and oxygen atoms in total. The normalized spacial score (nSPS) is 12.5. The number of hydrogen-bond acceptors (Lipinski definition) is 3. The van der Waals surface area contributed by atoms with Crippen LogP contribution in [0.15, 0.2) is 53.5 Å². The van der Waals surface area contributed by atoms with Crippen LogP contribution in [-0.4, -0.2) is 6.21 Å². The van der Waals surface area contributed by atoms with Gasteiger partial charge in [0.1, 0.15) is 0 Å². The van der Waals surface area contributed by atoms with E-state index < -0.39 is 0 Å². The van der Waals surface area contributed by atoms with E-state index in [1.54, 1.807) is 6.21 Å². The highest BCUT2D eigenvalue weighted by atomic mass is 14.8. The van der Waals surface area contributed by atoms with Crippen molar-refractivity contribution in [3.63, 3.8) is 0 Å². The van der Waals surface area contributed by atoms with Gasteiger partial charge in [-0.15, -0.1) is 0 Å². The molecule has 2 rings (SSSR count). The van der Waals surface area contributed by atoms with E-state index in [4.69, 9.17) is 11.5 Å². The maximum atomic E-state index is 6.27. The molecule has 0 saturated carbocycles. The zero-order valence-corrected chi connectivity index (χ0v) is 11.8. The molecule has 0 aliphatic heterocycles. The Bertz CT molecular complexity index is 635. The van der Waals surface area contributed by atoms with Crippen molar-refractivity contribution in [2.24, 2.45) is 10.7 Å². The Morgan fingerprint density at radius 1 is 0.950 bits per heavy atom. The second-order valence-corrected chi connectivity index (χ2v) is 4.64. The fourth-order valence-corrected chi connectivity index (χ4v) is 1.94. The van der Waals surface area contributed by atoms with Crippen LogP contribution in [0.4, 0.5) is 5.69 Å². The highest BCUT2D eigenvalue weighted by molar-refractivity contribution is 5.91. The number of aliphatic imine (C=N–C) groups is 1. The minimum atomic E-state index is 0.645. The summed E-state index contributed by atoms with van der Waals surface area (Å²) in [6.07, 6.45) is 1.75. The molecule has 0 fully saturated rings.